The van der Waals surface area contributed by atoms with Crippen molar-refractivity contribution in [3.05, 3.63) is 65.2 Å². The second-order valence-corrected chi connectivity index (χ2v) is 7.40. The molecule has 29 heavy (non-hydrogen) atoms. The van der Waals surface area contributed by atoms with Gasteiger partial charge in [-0.2, -0.15) is 15.0 Å². The van der Waals surface area contributed by atoms with Gasteiger partial charge in [-0.05, 0) is 42.5 Å². The topological polar surface area (TPSA) is 84.4 Å². The minimum Gasteiger partial charge on any atom is -0.368 e. The van der Waals surface area contributed by atoms with Gasteiger partial charge >= 0.3 is 0 Å². The number of rotatable bonds is 5. The van der Waals surface area contributed by atoms with E-state index in [0.29, 0.717) is 24.0 Å². The van der Waals surface area contributed by atoms with E-state index in [1.807, 2.05) is 18.2 Å². The molecule has 0 aliphatic carbocycles. The van der Waals surface area contributed by atoms with Crippen LogP contribution in [0.3, 0.4) is 0 Å². The highest BCUT2D eigenvalue weighted by Gasteiger charge is 2.22. The van der Waals surface area contributed by atoms with Gasteiger partial charge < -0.3 is 20.9 Å². The molecule has 4 N–H and O–H groups in total. The van der Waals surface area contributed by atoms with E-state index >= 15 is 0 Å². The highest BCUT2D eigenvalue weighted by molar-refractivity contribution is 6.30. The Labute approximate surface area is 173 Å². The van der Waals surface area contributed by atoms with Crippen LogP contribution in [0.2, 0.25) is 5.02 Å². The normalized spacial score (nSPS) is 14.8. The molecule has 2 aromatic carbocycles. The summed E-state index contributed by atoms with van der Waals surface area (Å²) >= 11 is 6.10. The van der Waals surface area contributed by atoms with Gasteiger partial charge in [-0.15, -0.1) is 0 Å². The molecule has 0 amide bonds. The number of nitrogens with one attached hydrogen (secondary N) is 2. The van der Waals surface area contributed by atoms with Crippen molar-refractivity contribution in [2.75, 3.05) is 42.1 Å². The molecule has 0 radical (unpaired) electrons. The summed E-state index contributed by atoms with van der Waals surface area (Å²) in [7, 11) is 0. The van der Waals surface area contributed by atoms with Gasteiger partial charge in [0.05, 0.1) is 26.2 Å². The predicted molar refractivity (Wildman–Crippen MR) is 112 cm³/mol. The van der Waals surface area contributed by atoms with E-state index in [-0.39, 0.29) is 11.8 Å². The lowest BCUT2D eigenvalue weighted by molar-refractivity contribution is -0.915. The Bertz CT molecular complexity index is 975. The molecule has 7 nitrogen and oxygen atoms in total. The van der Waals surface area contributed by atoms with Crippen LogP contribution in [0.5, 0.6) is 0 Å². The van der Waals surface area contributed by atoms with Gasteiger partial charge in [0, 0.05) is 16.4 Å². The average molecular weight is 415 g/mol. The van der Waals surface area contributed by atoms with Crippen LogP contribution in [0.1, 0.15) is 5.82 Å². The number of hydrogen-bond donors (Lipinski definition) is 3. The van der Waals surface area contributed by atoms with E-state index in [4.69, 9.17) is 17.3 Å². The summed E-state index contributed by atoms with van der Waals surface area (Å²) < 4.78 is 13.1. The van der Waals surface area contributed by atoms with Crippen LogP contribution in [-0.2, 0) is 6.54 Å². The van der Waals surface area contributed by atoms with E-state index < -0.39 is 0 Å². The number of piperazine rings is 1. The van der Waals surface area contributed by atoms with Gasteiger partial charge in [0.15, 0.2) is 5.82 Å². The molecule has 9 heteroatoms. The van der Waals surface area contributed by atoms with E-state index in [1.54, 1.807) is 12.1 Å². The number of aromatic nitrogens is 3. The third-order valence-corrected chi connectivity index (χ3v) is 5.09. The molecule has 0 unspecified atom stereocenters. The fourth-order valence-electron chi connectivity index (χ4n) is 3.39. The summed E-state index contributed by atoms with van der Waals surface area (Å²) in [6, 6.07) is 13.9. The second kappa shape index (κ2) is 8.59. The quantitative estimate of drug-likeness (QED) is 0.591. The van der Waals surface area contributed by atoms with Gasteiger partial charge in [-0.1, -0.05) is 17.7 Å². The van der Waals surface area contributed by atoms with E-state index in [1.165, 1.54) is 17.0 Å². The molecule has 0 atom stereocenters. The summed E-state index contributed by atoms with van der Waals surface area (Å²) in [4.78, 5) is 16.6. The number of quaternary nitrogens is 1. The zero-order valence-electron chi connectivity index (χ0n) is 15.8. The monoisotopic (exact) mass is 414 g/mol. The predicted octanol–water partition coefficient (Wildman–Crippen LogP) is 1.89. The van der Waals surface area contributed by atoms with Crippen molar-refractivity contribution in [3.63, 3.8) is 0 Å². The van der Waals surface area contributed by atoms with Gasteiger partial charge in [0.2, 0.25) is 11.9 Å². The van der Waals surface area contributed by atoms with Crippen molar-refractivity contribution in [2.24, 2.45) is 0 Å². The van der Waals surface area contributed by atoms with Crippen LogP contribution in [0.15, 0.2) is 48.5 Å². The van der Waals surface area contributed by atoms with Crippen LogP contribution >= 0.6 is 11.6 Å². The molecule has 1 aliphatic heterocycles. The van der Waals surface area contributed by atoms with Crippen LogP contribution < -0.4 is 20.9 Å². The Balaban J connectivity index is 1.38. The smallest absolute Gasteiger partial charge is 0.232 e. The van der Waals surface area contributed by atoms with E-state index in [2.05, 4.69) is 31.2 Å². The molecule has 3 aromatic rings. The van der Waals surface area contributed by atoms with Crippen LogP contribution in [0.4, 0.5) is 27.7 Å². The maximum absolute atomic E-state index is 13.1. The fraction of sp³-hybridized carbons (Fsp3) is 0.250. The number of hydrogen-bond acceptors (Lipinski definition) is 6. The fourth-order valence-corrected chi connectivity index (χ4v) is 3.57. The third-order valence-electron chi connectivity index (χ3n) is 4.85. The molecule has 1 saturated heterocycles. The van der Waals surface area contributed by atoms with Gasteiger partial charge in [-0.3, -0.25) is 0 Å². The summed E-state index contributed by atoms with van der Waals surface area (Å²) in [6.45, 7) is 4.43. The van der Waals surface area contributed by atoms with E-state index in [0.717, 1.165) is 36.9 Å². The Hall–Kier alpha value is -2.97. The van der Waals surface area contributed by atoms with Gasteiger partial charge in [0.1, 0.15) is 12.4 Å². The lowest BCUT2D eigenvalue weighted by Gasteiger charge is -2.33. The first-order valence-corrected chi connectivity index (χ1v) is 9.80. The lowest BCUT2D eigenvalue weighted by Crippen LogP contribution is -3.13. The molecule has 0 spiro atoms. The molecule has 1 aromatic heterocycles. The average Bonchev–Trinajstić information content (AvgIpc) is 2.70. The maximum Gasteiger partial charge on any atom is 0.232 e. The van der Waals surface area contributed by atoms with E-state index in [9.17, 15) is 4.39 Å². The van der Waals surface area contributed by atoms with Crippen molar-refractivity contribution in [1.29, 1.82) is 0 Å². The first kappa shape index (κ1) is 19.4. The molecule has 0 bridgehead atoms. The minimum atomic E-state index is -0.299. The molecule has 0 saturated carbocycles. The number of anilines is 4. The molecule has 4 rings (SSSR count). The minimum absolute atomic E-state index is 0.163. The second-order valence-electron chi connectivity index (χ2n) is 6.96. The van der Waals surface area contributed by atoms with Crippen molar-refractivity contribution in [2.45, 2.75) is 6.54 Å². The van der Waals surface area contributed by atoms with Crippen molar-refractivity contribution < 1.29 is 9.29 Å². The summed E-state index contributed by atoms with van der Waals surface area (Å²) in [5.41, 5.74) is 7.69. The first-order valence-electron chi connectivity index (χ1n) is 9.42. The largest absolute Gasteiger partial charge is 0.368 e. The number of nitrogens with zero attached hydrogens (tertiary/aromatic N) is 4. The van der Waals surface area contributed by atoms with Crippen LogP contribution in [0, 0.1) is 5.82 Å². The summed E-state index contributed by atoms with van der Waals surface area (Å²) in [5.74, 6) is 0.855. The molecular formula is C20H22ClFN7+. The summed E-state index contributed by atoms with van der Waals surface area (Å²) in [6.07, 6.45) is 0. The van der Waals surface area contributed by atoms with Gasteiger partial charge in [0.25, 0.3) is 0 Å². The molecular weight excluding hydrogens is 393 g/mol. The van der Waals surface area contributed by atoms with Crippen molar-refractivity contribution in [1.82, 2.24) is 15.0 Å². The van der Waals surface area contributed by atoms with Crippen LogP contribution in [-0.4, -0.2) is 41.1 Å². The first-order chi connectivity index (χ1) is 14.0. The highest BCUT2D eigenvalue weighted by Crippen LogP contribution is 2.19. The molecule has 1 aliphatic rings. The molecule has 1 fully saturated rings. The van der Waals surface area contributed by atoms with Crippen LogP contribution in [0.25, 0.3) is 0 Å². The Morgan fingerprint density at radius 3 is 2.55 bits per heavy atom. The molecule has 150 valence electrons. The Morgan fingerprint density at radius 1 is 1.07 bits per heavy atom. The number of halogens is 2. The number of nitrogens with two attached hydrogens (primary N) is 1. The van der Waals surface area contributed by atoms with Crippen molar-refractivity contribution in [3.8, 4) is 0 Å². The Kier molecular flexibility index (Phi) is 5.73. The van der Waals surface area contributed by atoms with Gasteiger partial charge in [-0.25, -0.2) is 4.39 Å². The standard InChI is InChI=1S/C20H21ClFN7/c21-14-2-1-3-17(12-14)29-10-8-28(9-11-29)13-18-25-19(23)27-20(26-18)24-16-6-4-15(22)5-7-16/h1-7,12H,8-11,13H2,(H3,23,24,25,26,27)/p+1. The number of benzene rings is 2. The zero-order chi connectivity index (χ0) is 20.2. The number of nitrogen functional groups attached to an aromatic ring is 1. The zero-order valence-corrected chi connectivity index (χ0v) is 16.5. The lowest BCUT2D eigenvalue weighted by atomic mass is 10.2. The molecule has 2 heterocycles. The van der Waals surface area contributed by atoms with Crippen molar-refractivity contribution >= 4 is 34.9 Å². The summed E-state index contributed by atoms with van der Waals surface area (Å²) in [5, 5.41) is 3.79. The highest BCUT2D eigenvalue weighted by atomic mass is 35.5. The SMILES string of the molecule is Nc1nc(C[NH+]2CCN(c3cccc(Cl)c3)CC2)nc(Nc2ccc(F)cc2)n1. The Morgan fingerprint density at radius 2 is 1.83 bits per heavy atom. The third kappa shape index (κ3) is 5.10. The maximum atomic E-state index is 13.1.